The molecule has 0 aromatic heterocycles. The van der Waals surface area contributed by atoms with Gasteiger partial charge in [-0.25, -0.2) is 14.6 Å². The van der Waals surface area contributed by atoms with Gasteiger partial charge in [0.1, 0.15) is 0 Å². The summed E-state index contributed by atoms with van der Waals surface area (Å²) in [6.07, 6.45) is -0.797. The van der Waals surface area contributed by atoms with Crippen LogP contribution in [-0.2, 0) is 28.7 Å². The van der Waals surface area contributed by atoms with E-state index in [0.29, 0.717) is 0 Å². The van der Waals surface area contributed by atoms with E-state index in [4.69, 9.17) is 0 Å². The summed E-state index contributed by atoms with van der Waals surface area (Å²) < 4.78 is 9.14. The molecule has 9 heteroatoms. The van der Waals surface area contributed by atoms with Crippen molar-refractivity contribution >= 4 is 29.8 Å². The Morgan fingerprint density at radius 2 is 1.05 bits per heavy atom. The first-order chi connectivity index (χ1) is 9.49. The summed E-state index contributed by atoms with van der Waals surface area (Å²) in [5, 5.41) is 0. The lowest BCUT2D eigenvalue weighted by Crippen LogP contribution is -2.35. The number of imide groups is 2. The Bertz CT molecular complexity index is 413. The Hall–Kier alpha value is -2.45. The highest BCUT2D eigenvalue weighted by atomic mass is 16.7. The first-order valence-corrected chi connectivity index (χ1v) is 5.95. The summed E-state index contributed by atoms with van der Waals surface area (Å²) in [6, 6.07) is 0. The first kappa shape index (κ1) is 14.0. The second-order valence-corrected chi connectivity index (χ2v) is 4.23. The topological polar surface area (TPSA) is 110 Å². The lowest BCUT2D eigenvalue weighted by Gasteiger charge is -2.16. The molecule has 0 atom stereocenters. The van der Waals surface area contributed by atoms with Crippen LogP contribution in [0.2, 0.25) is 0 Å². The lowest BCUT2D eigenvalue weighted by molar-refractivity contribution is -0.144. The molecule has 0 aromatic rings. The van der Waals surface area contributed by atoms with E-state index in [2.05, 4.69) is 9.47 Å². The van der Waals surface area contributed by atoms with Gasteiger partial charge in [0.2, 0.25) is 23.6 Å². The predicted molar refractivity (Wildman–Crippen MR) is 59.5 cm³/mol. The zero-order chi connectivity index (χ0) is 14.7. The van der Waals surface area contributed by atoms with Gasteiger partial charge in [-0.2, -0.15) is 0 Å². The van der Waals surface area contributed by atoms with Crippen LogP contribution in [0.5, 0.6) is 0 Å². The van der Waals surface area contributed by atoms with Crippen molar-refractivity contribution in [3.8, 4) is 0 Å². The number of amides is 4. The van der Waals surface area contributed by atoms with Crippen LogP contribution in [0.1, 0.15) is 25.7 Å². The third kappa shape index (κ3) is 2.92. The third-order valence-electron chi connectivity index (χ3n) is 2.93. The summed E-state index contributed by atoms with van der Waals surface area (Å²) in [5.74, 6) is -1.69. The van der Waals surface area contributed by atoms with Crippen molar-refractivity contribution in [1.29, 1.82) is 0 Å². The highest BCUT2D eigenvalue weighted by Crippen LogP contribution is 2.13. The zero-order valence-electron chi connectivity index (χ0n) is 10.5. The number of carbonyl (C=O) groups excluding carboxylic acids is 5. The second-order valence-electron chi connectivity index (χ2n) is 4.23. The van der Waals surface area contributed by atoms with E-state index in [-0.39, 0.29) is 25.7 Å². The van der Waals surface area contributed by atoms with Crippen LogP contribution in [0.3, 0.4) is 0 Å². The smallest absolute Gasteiger partial charge is 0.412 e. The number of hydrogen-bond acceptors (Lipinski definition) is 7. The fourth-order valence-electron chi connectivity index (χ4n) is 1.81. The molecule has 0 saturated carbocycles. The second kappa shape index (κ2) is 5.68. The SMILES string of the molecule is O=C(OCN1C(=O)CCC1=O)OCN1C(=O)CCC1=O. The minimum atomic E-state index is -1.16. The summed E-state index contributed by atoms with van der Waals surface area (Å²) in [6.45, 7) is -1.06. The van der Waals surface area contributed by atoms with Crippen LogP contribution in [0.15, 0.2) is 0 Å². The third-order valence-corrected chi connectivity index (χ3v) is 2.93. The standard InChI is InChI=1S/C11H12N2O7/c14-7-1-2-8(15)12(7)5-19-11(18)20-6-13-9(16)3-4-10(13)17/h1-6H2. The Morgan fingerprint density at radius 3 is 1.35 bits per heavy atom. The molecule has 0 aromatic carbocycles. The van der Waals surface area contributed by atoms with Crippen LogP contribution in [-0.4, -0.2) is 53.0 Å². The molecule has 0 bridgehead atoms. The van der Waals surface area contributed by atoms with E-state index in [1.54, 1.807) is 0 Å². The van der Waals surface area contributed by atoms with Gasteiger partial charge >= 0.3 is 6.16 Å². The molecule has 2 rings (SSSR count). The van der Waals surface area contributed by atoms with Gasteiger partial charge in [-0.15, -0.1) is 0 Å². The number of likely N-dealkylation sites (tertiary alicyclic amines) is 2. The van der Waals surface area contributed by atoms with E-state index in [0.717, 1.165) is 9.80 Å². The maximum Gasteiger partial charge on any atom is 0.511 e. The number of ether oxygens (including phenoxy) is 2. The predicted octanol–water partition coefficient (Wildman–Crippen LogP) is -0.647. The lowest BCUT2D eigenvalue weighted by atomic mass is 10.4. The summed E-state index contributed by atoms with van der Waals surface area (Å²) in [7, 11) is 0. The molecule has 2 aliphatic heterocycles. The molecule has 0 N–H and O–H groups in total. The fraction of sp³-hybridized carbons (Fsp3) is 0.545. The van der Waals surface area contributed by atoms with E-state index < -0.39 is 43.2 Å². The molecule has 2 heterocycles. The molecular weight excluding hydrogens is 272 g/mol. The maximum absolute atomic E-state index is 11.2. The Labute approximate surface area is 113 Å². The molecule has 2 aliphatic rings. The van der Waals surface area contributed by atoms with E-state index >= 15 is 0 Å². The average molecular weight is 284 g/mol. The molecule has 2 fully saturated rings. The summed E-state index contributed by atoms with van der Waals surface area (Å²) in [4.78, 5) is 57.7. The highest BCUT2D eigenvalue weighted by Gasteiger charge is 2.31. The normalized spacial score (nSPS) is 19.0. The molecule has 0 aliphatic carbocycles. The average Bonchev–Trinajstić information content (AvgIpc) is 2.89. The van der Waals surface area contributed by atoms with Crippen LogP contribution in [0.25, 0.3) is 0 Å². The molecular formula is C11H12N2O7. The molecule has 2 saturated heterocycles. The van der Waals surface area contributed by atoms with Gasteiger partial charge in [-0.3, -0.25) is 19.2 Å². The maximum atomic E-state index is 11.2. The molecule has 9 nitrogen and oxygen atoms in total. The van der Waals surface area contributed by atoms with Crippen molar-refractivity contribution in [2.24, 2.45) is 0 Å². The molecule has 0 unspecified atom stereocenters. The number of nitrogens with zero attached hydrogens (tertiary/aromatic N) is 2. The monoisotopic (exact) mass is 284 g/mol. The highest BCUT2D eigenvalue weighted by molar-refractivity contribution is 6.02. The zero-order valence-corrected chi connectivity index (χ0v) is 10.5. The van der Waals surface area contributed by atoms with Crippen LogP contribution < -0.4 is 0 Å². The molecule has 0 radical (unpaired) electrons. The van der Waals surface area contributed by atoms with Crippen LogP contribution >= 0.6 is 0 Å². The van der Waals surface area contributed by atoms with Gasteiger partial charge in [0.15, 0.2) is 13.5 Å². The van der Waals surface area contributed by atoms with Gasteiger partial charge < -0.3 is 9.47 Å². The van der Waals surface area contributed by atoms with E-state index in [1.807, 2.05) is 0 Å². The largest absolute Gasteiger partial charge is 0.511 e. The Morgan fingerprint density at radius 1 is 0.750 bits per heavy atom. The molecule has 0 spiro atoms. The van der Waals surface area contributed by atoms with Crippen molar-refractivity contribution in [2.45, 2.75) is 25.7 Å². The fourth-order valence-corrected chi connectivity index (χ4v) is 1.81. The van der Waals surface area contributed by atoms with Gasteiger partial charge in [-0.05, 0) is 0 Å². The van der Waals surface area contributed by atoms with Gasteiger partial charge in [0.25, 0.3) is 0 Å². The van der Waals surface area contributed by atoms with Crippen molar-refractivity contribution in [3.63, 3.8) is 0 Å². The quantitative estimate of drug-likeness (QED) is 0.498. The molecule has 108 valence electrons. The summed E-state index contributed by atoms with van der Waals surface area (Å²) in [5.41, 5.74) is 0. The molecule has 4 amide bonds. The van der Waals surface area contributed by atoms with Crippen LogP contribution in [0, 0.1) is 0 Å². The van der Waals surface area contributed by atoms with Crippen molar-refractivity contribution in [2.75, 3.05) is 13.5 Å². The van der Waals surface area contributed by atoms with Crippen molar-refractivity contribution < 1.29 is 33.4 Å². The van der Waals surface area contributed by atoms with Crippen LogP contribution in [0.4, 0.5) is 4.79 Å². The van der Waals surface area contributed by atoms with E-state index in [1.165, 1.54) is 0 Å². The minimum Gasteiger partial charge on any atom is -0.412 e. The Balaban J connectivity index is 1.73. The van der Waals surface area contributed by atoms with Crippen molar-refractivity contribution in [3.05, 3.63) is 0 Å². The summed E-state index contributed by atoms with van der Waals surface area (Å²) >= 11 is 0. The molecule has 20 heavy (non-hydrogen) atoms. The minimum absolute atomic E-state index is 0.0913. The number of hydrogen-bond donors (Lipinski definition) is 0. The van der Waals surface area contributed by atoms with Gasteiger partial charge in [0, 0.05) is 25.7 Å². The van der Waals surface area contributed by atoms with Crippen molar-refractivity contribution in [1.82, 2.24) is 9.80 Å². The Kier molecular flexibility index (Phi) is 3.97. The first-order valence-electron chi connectivity index (χ1n) is 5.95. The van der Waals surface area contributed by atoms with Gasteiger partial charge in [-0.1, -0.05) is 0 Å². The number of rotatable bonds is 4. The van der Waals surface area contributed by atoms with Gasteiger partial charge in [0.05, 0.1) is 0 Å². The number of carbonyl (C=O) groups is 5. The van der Waals surface area contributed by atoms with E-state index in [9.17, 15) is 24.0 Å².